The van der Waals surface area contributed by atoms with Gasteiger partial charge in [-0.1, -0.05) is 97.9 Å². The Hall–Kier alpha value is -5.21. The van der Waals surface area contributed by atoms with Gasteiger partial charge in [0.1, 0.15) is 42.5 Å². The van der Waals surface area contributed by atoms with E-state index < -0.39 is 12.1 Å². The quantitative estimate of drug-likeness (QED) is 0.133. The van der Waals surface area contributed by atoms with Crippen molar-refractivity contribution >= 4 is 22.9 Å². The van der Waals surface area contributed by atoms with Crippen LogP contribution in [0.3, 0.4) is 0 Å². The standard InChI is InChI=1S/C38H37NO7/c1-2-33(38(42)44-25-28-14-8-4-9-15-28)39-24-31(45-37(41)21-18-27-12-6-3-7-13-27)26-43-30-19-20-32-34(40)23-35(46-36(32)22-30)29-16-10-5-11-17-29/h3-17,19-20,22-23,31,33,39H,2,18,21,24-26H2,1H3. The molecule has 5 aromatic rings. The van der Waals surface area contributed by atoms with Gasteiger partial charge in [-0.15, -0.1) is 0 Å². The van der Waals surface area contributed by atoms with Crippen molar-refractivity contribution < 1.29 is 28.2 Å². The minimum absolute atomic E-state index is 0.00763. The second-order valence-corrected chi connectivity index (χ2v) is 10.9. The highest BCUT2D eigenvalue weighted by Crippen LogP contribution is 2.25. The van der Waals surface area contributed by atoms with Crippen molar-refractivity contribution in [2.75, 3.05) is 13.2 Å². The van der Waals surface area contributed by atoms with Crippen LogP contribution >= 0.6 is 0 Å². The maximum Gasteiger partial charge on any atom is 0.323 e. The molecule has 236 valence electrons. The first-order valence-corrected chi connectivity index (χ1v) is 15.4. The van der Waals surface area contributed by atoms with Gasteiger partial charge < -0.3 is 23.9 Å². The van der Waals surface area contributed by atoms with Crippen molar-refractivity contribution in [3.63, 3.8) is 0 Å². The molecule has 0 saturated heterocycles. The van der Waals surface area contributed by atoms with Crippen LogP contribution in [0.5, 0.6) is 5.75 Å². The van der Waals surface area contributed by atoms with Crippen LogP contribution in [0.4, 0.5) is 0 Å². The largest absolute Gasteiger partial charge is 0.490 e. The van der Waals surface area contributed by atoms with Crippen molar-refractivity contribution in [1.82, 2.24) is 5.32 Å². The number of hydrogen-bond donors (Lipinski definition) is 1. The minimum Gasteiger partial charge on any atom is -0.490 e. The summed E-state index contributed by atoms with van der Waals surface area (Å²) >= 11 is 0. The molecule has 0 spiro atoms. The van der Waals surface area contributed by atoms with Gasteiger partial charge in [0.25, 0.3) is 0 Å². The summed E-state index contributed by atoms with van der Waals surface area (Å²) in [6, 6.07) is 34.4. The number of benzene rings is 4. The Morgan fingerprint density at radius 1 is 0.826 bits per heavy atom. The van der Waals surface area contributed by atoms with E-state index >= 15 is 0 Å². The average molecular weight is 620 g/mol. The molecule has 5 rings (SSSR count). The fourth-order valence-electron chi connectivity index (χ4n) is 4.93. The van der Waals surface area contributed by atoms with Crippen molar-refractivity contribution in [3.8, 4) is 17.1 Å². The number of aryl methyl sites for hydroxylation is 1. The molecule has 0 amide bonds. The first-order valence-electron chi connectivity index (χ1n) is 15.4. The fourth-order valence-corrected chi connectivity index (χ4v) is 4.93. The lowest BCUT2D eigenvalue weighted by Crippen LogP contribution is -2.44. The molecule has 8 nitrogen and oxygen atoms in total. The highest BCUT2D eigenvalue weighted by atomic mass is 16.6. The summed E-state index contributed by atoms with van der Waals surface area (Å²) in [6.07, 6.45) is 0.506. The lowest BCUT2D eigenvalue weighted by Gasteiger charge is -2.22. The van der Waals surface area contributed by atoms with Crippen molar-refractivity contribution in [1.29, 1.82) is 0 Å². The van der Waals surface area contributed by atoms with Crippen LogP contribution in [0, 0.1) is 0 Å². The van der Waals surface area contributed by atoms with Crippen molar-refractivity contribution in [2.24, 2.45) is 0 Å². The SMILES string of the molecule is CCC(NCC(COc1ccc2c(=O)cc(-c3ccccc3)oc2c1)OC(=O)CCc1ccccc1)C(=O)OCc1ccccc1. The smallest absolute Gasteiger partial charge is 0.323 e. The van der Waals surface area contributed by atoms with E-state index in [-0.39, 0.29) is 43.5 Å². The van der Waals surface area contributed by atoms with Crippen molar-refractivity contribution in [3.05, 3.63) is 137 Å². The third-order valence-electron chi connectivity index (χ3n) is 7.46. The van der Waals surface area contributed by atoms with Crippen LogP contribution in [0.15, 0.2) is 124 Å². The zero-order valence-electron chi connectivity index (χ0n) is 25.7. The molecule has 0 aliphatic rings. The molecular weight excluding hydrogens is 582 g/mol. The molecule has 0 saturated carbocycles. The molecule has 0 bridgehead atoms. The molecule has 46 heavy (non-hydrogen) atoms. The minimum atomic E-state index is -0.711. The van der Waals surface area contributed by atoms with Gasteiger partial charge in [-0.25, -0.2) is 0 Å². The third-order valence-corrected chi connectivity index (χ3v) is 7.46. The molecule has 1 aromatic heterocycles. The first-order chi connectivity index (χ1) is 22.5. The molecular formula is C38H37NO7. The summed E-state index contributed by atoms with van der Waals surface area (Å²) in [7, 11) is 0. The topological polar surface area (TPSA) is 104 Å². The average Bonchev–Trinajstić information content (AvgIpc) is 3.10. The van der Waals surface area contributed by atoms with Crippen LogP contribution in [0.2, 0.25) is 0 Å². The highest BCUT2D eigenvalue weighted by molar-refractivity contribution is 5.80. The molecule has 2 unspecified atom stereocenters. The predicted molar refractivity (Wildman–Crippen MR) is 176 cm³/mol. The summed E-state index contributed by atoms with van der Waals surface area (Å²) in [5, 5.41) is 3.62. The van der Waals surface area contributed by atoms with E-state index in [1.54, 1.807) is 18.2 Å². The summed E-state index contributed by atoms with van der Waals surface area (Å²) in [5.41, 5.74) is 2.93. The van der Waals surface area contributed by atoms with Gasteiger partial charge in [0, 0.05) is 30.7 Å². The Morgan fingerprint density at radius 3 is 2.20 bits per heavy atom. The molecule has 0 fully saturated rings. The number of hydrogen-bond acceptors (Lipinski definition) is 8. The third kappa shape index (κ3) is 9.15. The number of nitrogens with one attached hydrogen (secondary N) is 1. The number of fused-ring (bicyclic) bond motifs is 1. The number of esters is 2. The Labute approximate surface area is 267 Å². The summed E-state index contributed by atoms with van der Waals surface area (Å²) in [6.45, 7) is 2.22. The second-order valence-electron chi connectivity index (χ2n) is 10.9. The Bertz CT molecular complexity index is 1770. The van der Waals surface area contributed by atoms with Crippen molar-refractivity contribution in [2.45, 2.75) is 44.9 Å². The fraction of sp³-hybridized carbons (Fsp3) is 0.237. The molecule has 1 N–H and O–H groups in total. The molecule has 0 radical (unpaired) electrons. The molecule has 0 aliphatic carbocycles. The summed E-state index contributed by atoms with van der Waals surface area (Å²) in [4.78, 5) is 38.5. The van der Waals surface area contributed by atoms with Gasteiger partial charge in [0.15, 0.2) is 5.43 Å². The molecule has 1 heterocycles. The van der Waals surface area contributed by atoms with E-state index in [1.165, 1.54) is 6.07 Å². The van der Waals surface area contributed by atoms with E-state index in [0.717, 1.165) is 16.7 Å². The number of rotatable bonds is 15. The van der Waals surface area contributed by atoms with Gasteiger partial charge in [-0.3, -0.25) is 14.4 Å². The highest BCUT2D eigenvalue weighted by Gasteiger charge is 2.22. The lowest BCUT2D eigenvalue weighted by molar-refractivity contribution is -0.151. The van der Waals surface area contributed by atoms with Gasteiger partial charge in [-0.05, 0) is 36.1 Å². The Kier molecular flexibility index (Phi) is 11.3. The summed E-state index contributed by atoms with van der Waals surface area (Å²) in [5.74, 6) is 0.131. The Balaban J connectivity index is 1.26. The lowest BCUT2D eigenvalue weighted by atomic mass is 10.1. The number of carbonyl (C=O) groups excluding carboxylic acids is 2. The van der Waals surface area contributed by atoms with Gasteiger partial charge in [0.2, 0.25) is 0 Å². The normalized spacial score (nSPS) is 12.3. The number of carbonyl (C=O) groups is 2. The monoisotopic (exact) mass is 619 g/mol. The predicted octanol–water partition coefficient (Wildman–Crippen LogP) is 6.50. The summed E-state index contributed by atoms with van der Waals surface area (Å²) < 4.78 is 23.5. The molecule has 8 heteroatoms. The van der Waals surface area contributed by atoms with Gasteiger partial charge >= 0.3 is 11.9 Å². The molecule has 4 aromatic carbocycles. The van der Waals surface area contributed by atoms with E-state index in [4.69, 9.17) is 18.6 Å². The zero-order chi connectivity index (χ0) is 32.1. The van der Waals surface area contributed by atoms with E-state index in [0.29, 0.717) is 35.3 Å². The molecule has 0 aliphatic heterocycles. The van der Waals surface area contributed by atoms with E-state index in [1.807, 2.05) is 97.9 Å². The van der Waals surface area contributed by atoms with Crippen LogP contribution in [-0.4, -0.2) is 37.2 Å². The molecule has 2 atom stereocenters. The maximum atomic E-state index is 12.9. The Morgan fingerprint density at radius 2 is 1.50 bits per heavy atom. The second kappa shape index (κ2) is 16.2. The van der Waals surface area contributed by atoms with Gasteiger partial charge in [0.05, 0.1) is 5.39 Å². The van der Waals surface area contributed by atoms with Crippen LogP contribution in [0.1, 0.15) is 30.9 Å². The zero-order valence-corrected chi connectivity index (χ0v) is 25.7. The van der Waals surface area contributed by atoms with Crippen LogP contribution < -0.4 is 15.5 Å². The van der Waals surface area contributed by atoms with E-state index in [9.17, 15) is 14.4 Å². The maximum absolute atomic E-state index is 12.9. The number of ether oxygens (including phenoxy) is 3. The van der Waals surface area contributed by atoms with Crippen LogP contribution in [-0.2, 0) is 32.1 Å². The first kappa shape index (κ1) is 32.2. The van der Waals surface area contributed by atoms with Crippen LogP contribution in [0.25, 0.3) is 22.3 Å². The van der Waals surface area contributed by atoms with E-state index in [2.05, 4.69) is 5.32 Å². The van der Waals surface area contributed by atoms with Gasteiger partial charge in [-0.2, -0.15) is 0 Å².